The standard InChI is InChI=1S/C31H37F4N7O3S/c1-3-45-27(43)7-5-8-40-10-12-41(13-11-40)26-18-36-24(17-37-26)29(44)39-30-38-28(25(46-30)19-42-9-4-6-20(42)2)21-14-22(31(33,34)35)16-23(32)15-21/h14-18,20H,3-13,19H2,1-2H3,(H,38,39,44)/t20-/m1/s1. The van der Waals surface area contributed by atoms with Crippen LogP contribution in [0.1, 0.15) is 60.5 Å². The van der Waals surface area contributed by atoms with Crippen molar-refractivity contribution in [1.82, 2.24) is 24.8 Å². The van der Waals surface area contributed by atoms with Crippen molar-refractivity contribution >= 4 is 34.2 Å². The number of benzene rings is 1. The molecule has 1 N–H and O–H groups in total. The van der Waals surface area contributed by atoms with E-state index in [1.165, 1.54) is 12.4 Å². The maximum Gasteiger partial charge on any atom is 0.416 e. The number of nitrogens with zero attached hydrogens (tertiary/aromatic N) is 6. The summed E-state index contributed by atoms with van der Waals surface area (Å²) in [5.41, 5.74) is -0.856. The Kier molecular flexibility index (Phi) is 10.8. The fourth-order valence-electron chi connectivity index (χ4n) is 5.68. The Bertz CT molecular complexity index is 1510. The molecule has 2 fully saturated rings. The maximum atomic E-state index is 14.3. The molecule has 15 heteroatoms. The van der Waals surface area contributed by atoms with E-state index in [1.54, 1.807) is 6.92 Å². The first-order chi connectivity index (χ1) is 22.0. The van der Waals surface area contributed by atoms with Crippen LogP contribution in [-0.4, -0.2) is 88.5 Å². The molecule has 0 bridgehead atoms. The molecule has 1 atom stereocenters. The molecule has 2 aromatic heterocycles. The van der Waals surface area contributed by atoms with Gasteiger partial charge in [-0.1, -0.05) is 11.3 Å². The highest BCUT2D eigenvalue weighted by atomic mass is 32.1. The third-order valence-electron chi connectivity index (χ3n) is 8.18. The first-order valence-corrected chi connectivity index (χ1v) is 16.2. The van der Waals surface area contributed by atoms with Crippen molar-refractivity contribution in [2.45, 2.75) is 58.3 Å². The predicted molar refractivity (Wildman–Crippen MR) is 166 cm³/mol. The summed E-state index contributed by atoms with van der Waals surface area (Å²) in [6.07, 6.45) is 1.31. The summed E-state index contributed by atoms with van der Waals surface area (Å²) >= 11 is 1.15. The Labute approximate surface area is 268 Å². The zero-order chi connectivity index (χ0) is 32.8. The third-order valence-corrected chi connectivity index (χ3v) is 9.14. The van der Waals surface area contributed by atoms with Crippen LogP contribution in [0.25, 0.3) is 11.3 Å². The molecule has 0 spiro atoms. The molecule has 5 rings (SSSR count). The van der Waals surface area contributed by atoms with E-state index in [9.17, 15) is 27.2 Å². The van der Waals surface area contributed by atoms with E-state index >= 15 is 0 Å². The zero-order valence-electron chi connectivity index (χ0n) is 25.8. The summed E-state index contributed by atoms with van der Waals surface area (Å²) in [6.45, 7) is 9.33. The number of carbonyl (C=O) groups excluding carboxylic acids is 2. The number of ether oxygens (including phenoxy) is 1. The van der Waals surface area contributed by atoms with Gasteiger partial charge in [0.2, 0.25) is 0 Å². The first-order valence-electron chi connectivity index (χ1n) is 15.4. The van der Waals surface area contributed by atoms with E-state index in [0.29, 0.717) is 36.3 Å². The number of rotatable bonds is 11. The Morgan fingerprint density at radius 2 is 1.87 bits per heavy atom. The molecule has 2 aliphatic heterocycles. The van der Waals surface area contributed by atoms with Gasteiger partial charge in [0.15, 0.2) is 5.13 Å². The van der Waals surface area contributed by atoms with E-state index in [1.807, 2.05) is 0 Å². The Morgan fingerprint density at radius 1 is 1.09 bits per heavy atom. The highest BCUT2D eigenvalue weighted by molar-refractivity contribution is 7.16. The summed E-state index contributed by atoms with van der Waals surface area (Å²) in [4.78, 5) is 45.0. The molecule has 248 valence electrons. The average molecular weight is 664 g/mol. The van der Waals surface area contributed by atoms with Crippen LogP contribution in [-0.2, 0) is 22.3 Å². The topological polar surface area (TPSA) is 104 Å². The normalized spacial score (nSPS) is 17.8. The minimum absolute atomic E-state index is 0.00540. The van der Waals surface area contributed by atoms with Gasteiger partial charge in [0.1, 0.15) is 17.3 Å². The largest absolute Gasteiger partial charge is 0.466 e. The molecule has 3 aromatic rings. The molecule has 1 aromatic carbocycles. The van der Waals surface area contributed by atoms with E-state index in [0.717, 1.165) is 82.0 Å². The van der Waals surface area contributed by atoms with Crippen LogP contribution < -0.4 is 10.2 Å². The van der Waals surface area contributed by atoms with Gasteiger partial charge in [-0.3, -0.25) is 24.7 Å². The molecule has 0 aliphatic carbocycles. The van der Waals surface area contributed by atoms with Crippen LogP contribution in [0.5, 0.6) is 0 Å². The fourth-order valence-corrected chi connectivity index (χ4v) is 6.69. The Balaban J connectivity index is 1.24. The predicted octanol–water partition coefficient (Wildman–Crippen LogP) is 5.46. The summed E-state index contributed by atoms with van der Waals surface area (Å²) < 4.78 is 59.7. The molecule has 2 aliphatic rings. The van der Waals surface area contributed by atoms with Gasteiger partial charge in [0.25, 0.3) is 5.91 Å². The zero-order valence-corrected chi connectivity index (χ0v) is 26.6. The Hall–Kier alpha value is -3.69. The van der Waals surface area contributed by atoms with Crippen molar-refractivity contribution in [2.75, 3.05) is 56.1 Å². The molecule has 4 heterocycles. The number of thiazole rings is 1. The smallest absolute Gasteiger partial charge is 0.416 e. The maximum absolute atomic E-state index is 14.3. The highest BCUT2D eigenvalue weighted by Gasteiger charge is 2.32. The Morgan fingerprint density at radius 3 is 2.52 bits per heavy atom. The minimum Gasteiger partial charge on any atom is -0.466 e. The van der Waals surface area contributed by atoms with Crippen molar-refractivity contribution in [2.24, 2.45) is 0 Å². The van der Waals surface area contributed by atoms with E-state index in [-0.39, 0.29) is 34.1 Å². The number of likely N-dealkylation sites (tertiary alicyclic amines) is 1. The van der Waals surface area contributed by atoms with Crippen LogP contribution >= 0.6 is 11.3 Å². The number of amides is 1. The molecule has 2 saturated heterocycles. The van der Waals surface area contributed by atoms with Crippen LogP contribution in [0.4, 0.5) is 28.5 Å². The molecule has 46 heavy (non-hydrogen) atoms. The number of hydrogen-bond acceptors (Lipinski definition) is 10. The van der Waals surface area contributed by atoms with Gasteiger partial charge in [-0.15, -0.1) is 0 Å². The molecular weight excluding hydrogens is 626 g/mol. The van der Waals surface area contributed by atoms with Crippen LogP contribution in [0.3, 0.4) is 0 Å². The monoisotopic (exact) mass is 663 g/mol. The minimum atomic E-state index is -4.72. The number of piperazine rings is 1. The molecular formula is C31H37F4N7O3S. The number of halogens is 4. The SMILES string of the molecule is CCOC(=O)CCCN1CCN(c2cnc(C(=O)Nc3nc(-c4cc(F)cc(C(F)(F)F)c4)c(CN4CCC[C@H]4C)s3)cn2)CC1. The second kappa shape index (κ2) is 14.8. The molecule has 10 nitrogen and oxygen atoms in total. The second-order valence-corrected chi connectivity index (χ2v) is 12.5. The lowest BCUT2D eigenvalue weighted by Crippen LogP contribution is -2.47. The van der Waals surface area contributed by atoms with Gasteiger partial charge in [-0.2, -0.15) is 13.2 Å². The van der Waals surface area contributed by atoms with Crippen molar-refractivity contribution < 1.29 is 31.9 Å². The lowest BCUT2D eigenvalue weighted by Gasteiger charge is -2.35. The van der Waals surface area contributed by atoms with Crippen molar-refractivity contribution in [3.8, 4) is 11.3 Å². The van der Waals surface area contributed by atoms with Crippen molar-refractivity contribution in [1.29, 1.82) is 0 Å². The van der Waals surface area contributed by atoms with Gasteiger partial charge in [0.05, 0.1) is 30.3 Å². The summed E-state index contributed by atoms with van der Waals surface area (Å²) in [7, 11) is 0. The number of nitrogens with one attached hydrogen (secondary N) is 1. The first kappa shape index (κ1) is 33.7. The number of esters is 1. The summed E-state index contributed by atoms with van der Waals surface area (Å²) in [6, 6.07) is 2.64. The van der Waals surface area contributed by atoms with Crippen molar-refractivity contribution in [3.05, 3.63) is 52.5 Å². The number of aromatic nitrogens is 3. The molecule has 1 amide bonds. The highest BCUT2D eigenvalue weighted by Crippen LogP contribution is 2.38. The van der Waals surface area contributed by atoms with Crippen LogP contribution in [0.15, 0.2) is 30.6 Å². The van der Waals surface area contributed by atoms with Gasteiger partial charge in [-0.25, -0.2) is 19.3 Å². The van der Waals surface area contributed by atoms with Crippen molar-refractivity contribution in [3.63, 3.8) is 0 Å². The number of anilines is 2. The number of alkyl halides is 3. The third kappa shape index (κ3) is 8.56. The van der Waals surface area contributed by atoms with Gasteiger partial charge in [0, 0.05) is 55.6 Å². The van der Waals surface area contributed by atoms with Crippen LogP contribution in [0.2, 0.25) is 0 Å². The van der Waals surface area contributed by atoms with Crippen LogP contribution in [0, 0.1) is 5.82 Å². The molecule has 0 unspecified atom stereocenters. The van der Waals surface area contributed by atoms with E-state index in [4.69, 9.17) is 4.74 Å². The summed E-state index contributed by atoms with van der Waals surface area (Å²) in [5.74, 6) is -1.14. The number of hydrogen-bond donors (Lipinski definition) is 1. The van der Waals surface area contributed by atoms with Gasteiger partial charge >= 0.3 is 12.1 Å². The molecule has 0 radical (unpaired) electrons. The number of carbonyl (C=O) groups is 2. The van der Waals surface area contributed by atoms with Gasteiger partial charge < -0.3 is 9.64 Å². The molecule has 0 saturated carbocycles. The fraction of sp³-hybridized carbons (Fsp3) is 0.516. The quantitative estimate of drug-likeness (QED) is 0.212. The van der Waals surface area contributed by atoms with E-state index in [2.05, 4.69) is 41.9 Å². The average Bonchev–Trinajstić information content (AvgIpc) is 3.62. The van der Waals surface area contributed by atoms with Gasteiger partial charge in [-0.05, 0) is 64.4 Å². The second-order valence-electron chi connectivity index (χ2n) is 11.4. The van der Waals surface area contributed by atoms with E-state index < -0.39 is 23.5 Å². The lowest BCUT2D eigenvalue weighted by molar-refractivity contribution is -0.143. The lowest BCUT2D eigenvalue weighted by atomic mass is 10.1. The summed E-state index contributed by atoms with van der Waals surface area (Å²) in [5, 5.41) is 2.87.